The summed E-state index contributed by atoms with van der Waals surface area (Å²) in [5, 5.41) is 6.68. The number of nitrogens with one attached hydrogen (secondary N) is 2. The van der Waals surface area contributed by atoms with Gasteiger partial charge in [0, 0.05) is 18.3 Å². The van der Waals surface area contributed by atoms with E-state index < -0.39 is 0 Å². The number of aromatic amines is 2. The summed E-state index contributed by atoms with van der Waals surface area (Å²) in [5.41, 5.74) is 0.592. The topological polar surface area (TPSA) is 99.8 Å². The summed E-state index contributed by atoms with van der Waals surface area (Å²) in [6.07, 6.45) is 3.60. The standard InChI is InChI=1S/C15H20N6O2/c1-8-7-11(17-15(16-8)23-2)21-6-5-10(9-3-4-9)12(21)13-18-14(22)20-19-13/h7,9-10,12H,3-6H2,1-2H3,(H2,18,19,20,22). The Morgan fingerprint density at radius 1 is 1.30 bits per heavy atom. The zero-order valence-electron chi connectivity index (χ0n) is 13.2. The molecule has 0 amide bonds. The Morgan fingerprint density at radius 2 is 2.13 bits per heavy atom. The average Bonchev–Trinajstić information content (AvgIpc) is 3.14. The third-order valence-corrected chi connectivity index (χ3v) is 4.77. The van der Waals surface area contributed by atoms with Crippen molar-refractivity contribution in [1.82, 2.24) is 25.1 Å². The second-order valence-corrected chi connectivity index (χ2v) is 6.35. The first-order chi connectivity index (χ1) is 11.2. The first-order valence-corrected chi connectivity index (χ1v) is 7.96. The van der Waals surface area contributed by atoms with Crippen LogP contribution in [0.25, 0.3) is 0 Å². The molecule has 0 bridgehead atoms. The fourth-order valence-corrected chi connectivity index (χ4v) is 3.63. The van der Waals surface area contributed by atoms with Crippen LogP contribution >= 0.6 is 0 Å². The molecule has 122 valence electrons. The third-order valence-electron chi connectivity index (χ3n) is 4.77. The van der Waals surface area contributed by atoms with E-state index in [2.05, 4.69) is 30.0 Å². The highest BCUT2D eigenvalue weighted by Gasteiger charge is 2.45. The van der Waals surface area contributed by atoms with Gasteiger partial charge in [0.2, 0.25) is 0 Å². The van der Waals surface area contributed by atoms with Gasteiger partial charge >= 0.3 is 11.7 Å². The molecule has 23 heavy (non-hydrogen) atoms. The molecule has 8 nitrogen and oxygen atoms in total. The van der Waals surface area contributed by atoms with Gasteiger partial charge in [-0.05, 0) is 38.0 Å². The van der Waals surface area contributed by atoms with Crippen molar-refractivity contribution in [1.29, 1.82) is 0 Å². The monoisotopic (exact) mass is 316 g/mol. The molecule has 4 rings (SSSR count). The zero-order chi connectivity index (χ0) is 16.0. The van der Waals surface area contributed by atoms with Gasteiger partial charge < -0.3 is 9.64 Å². The molecular formula is C15H20N6O2. The molecule has 0 aromatic carbocycles. The molecule has 2 aliphatic rings. The molecule has 2 fully saturated rings. The Balaban J connectivity index is 1.74. The van der Waals surface area contributed by atoms with Crippen molar-refractivity contribution < 1.29 is 4.74 Å². The van der Waals surface area contributed by atoms with Crippen LogP contribution in [0.2, 0.25) is 0 Å². The molecule has 2 N–H and O–H groups in total. The molecule has 3 heterocycles. The van der Waals surface area contributed by atoms with Gasteiger partial charge in [0.05, 0.1) is 13.2 Å². The molecular weight excluding hydrogens is 296 g/mol. The number of ether oxygens (including phenoxy) is 1. The van der Waals surface area contributed by atoms with Gasteiger partial charge in [0.1, 0.15) is 5.82 Å². The van der Waals surface area contributed by atoms with Crippen LogP contribution in [0.5, 0.6) is 6.01 Å². The molecule has 8 heteroatoms. The van der Waals surface area contributed by atoms with Crippen molar-refractivity contribution in [2.24, 2.45) is 11.8 Å². The van der Waals surface area contributed by atoms with Crippen LogP contribution in [0.1, 0.15) is 36.8 Å². The van der Waals surface area contributed by atoms with Crippen LogP contribution in [0.3, 0.4) is 0 Å². The highest BCUT2D eigenvalue weighted by molar-refractivity contribution is 5.44. The summed E-state index contributed by atoms with van der Waals surface area (Å²) in [4.78, 5) is 25.3. The van der Waals surface area contributed by atoms with E-state index in [0.29, 0.717) is 17.8 Å². The van der Waals surface area contributed by atoms with Gasteiger partial charge in [-0.2, -0.15) is 10.1 Å². The summed E-state index contributed by atoms with van der Waals surface area (Å²) >= 11 is 0. The maximum Gasteiger partial charge on any atom is 0.340 e. The number of nitrogens with zero attached hydrogens (tertiary/aromatic N) is 4. The zero-order valence-corrected chi connectivity index (χ0v) is 13.2. The average molecular weight is 316 g/mol. The third kappa shape index (κ3) is 2.58. The number of anilines is 1. The highest BCUT2D eigenvalue weighted by Crippen LogP contribution is 2.50. The predicted molar refractivity (Wildman–Crippen MR) is 83.4 cm³/mol. The smallest absolute Gasteiger partial charge is 0.340 e. The van der Waals surface area contributed by atoms with Crippen molar-refractivity contribution in [3.8, 4) is 6.01 Å². The Morgan fingerprint density at radius 3 is 2.78 bits per heavy atom. The molecule has 1 aliphatic heterocycles. The molecule has 2 unspecified atom stereocenters. The van der Waals surface area contributed by atoms with E-state index in [1.165, 1.54) is 12.8 Å². The Labute approximate surface area is 133 Å². The lowest BCUT2D eigenvalue weighted by molar-refractivity contribution is 0.377. The first-order valence-electron chi connectivity index (χ1n) is 7.96. The normalized spacial score (nSPS) is 24.2. The minimum atomic E-state index is -0.266. The molecule has 0 radical (unpaired) electrons. The summed E-state index contributed by atoms with van der Waals surface area (Å²) in [5.74, 6) is 2.73. The Bertz CT molecular complexity index is 765. The fourth-order valence-electron chi connectivity index (χ4n) is 3.63. The second-order valence-electron chi connectivity index (χ2n) is 6.35. The van der Waals surface area contributed by atoms with Crippen molar-refractivity contribution in [3.63, 3.8) is 0 Å². The first kappa shape index (κ1) is 14.2. The summed E-state index contributed by atoms with van der Waals surface area (Å²) in [7, 11) is 1.57. The predicted octanol–water partition coefficient (Wildman–Crippen LogP) is 1.18. The summed E-state index contributed by atoms with van der Waals surface area (Å²) in [6.45, 7) is 2.81. The Kier molecular flexibility index (Phi) is 3.32. The van der Waals surface area contributed by atoms with E-state index in [9.17, 15) is 4.79 Å². The highest BCUT2D eigenvalue weighted by atomic mass is 16.5. The van der Waals surface area contributed by atoms with Gasteiger partial charge in [-0.1, -0.05) is 0 Å². The molecule has 2 aromatic rings. The maximum atomic E-state index is 11.5. The number of aryl methyl sites for hydroxylation is 1. The van der Waals surface area contributed by atoms with Crippen molar-refractivity contribution in [2.75, 3.05) is 18.6 Å². The quantitative estimate of drug-likeness (QED) is 0.878. The number of methoxy groups -OCH3 is 1. The molecule has 1 saturated carbocycles. The Hall–Kier alpha value is -2.38. The summed E-state index contributed by atoms with van der Waals surface area (Å²) in [6, 6.07) is 2.36. The van der Waals surface area contributed by atoms with Gasteiger partial charge in [-0.25, -0.2) is 14.9 Å². The van der Waals surface area contributed by atoms with E-state index in [4.69, 9.17) is 4.74 Å². The van der Waals surface area contributed by atoms with Crippen LogP contribution in [0.15, 0.2) is 10.9 Å². The number of hydrogen-bond acceptors (Lipinski definition) is 6. The number of hydrogen-bond donors (Lipinski definition) is 2. The SMILES string of the molecule is COc1nc(C)cc(N2CCC(C3CC3)C2c2n[nH]c(=O)[nH]2)n1. The maximum absolute atomic E-state index is 11.5. The van der Waals surface area contributed by atoms with Crippen LogP contribution < -0.4 is 15.3 Å². The van der Waals surface area contributed by atoms with Crippen LogP contribution in [-0.4, -0.2) is 38.8 Å². The van der Waals surface area contributed by atoms with Crippen molar-refractivity contribution >= 4 is 5.82 Å². The van der Waals surface area contributed by atoms with E-state index >= 15 is 0 Å². The number of rotatable bonds is 4. The molecule has 0 spiro atoms. The van der Waals surface area contributed by atoms with Crippen molar-refractivity contribution in [3.05, 3.63) is 28.1 Å². The molecule has 2 atom stereocenters. The fraction of sp³-hybridized carbons (Fsp3) is 0.600. The van der Waals surface area contributed by atoms with E-state index in [0.717, 1.165) is 30.4 Å². The van der Waals surface area contributed by atoms with Crippen LogP contribution in [0.4, 0.5) is 5.82 Å². The minimum absolute atomic E-state index is 0.0421. The lowest BCUT2D eigenvalue weighted by Crippen LogP contribution is -2.28. The lowest BCUT2D eigenvalue weighted by atomic mass is 9.94. The van der Waals surface area contributed by atoms with Gasteiger partial charge in [-0.3, -0.25) is 4.98 Å². The van der Waals surface area contributed by atoms with Crippen LogP contribution in [0, 0.1) is 18.8 Å². The van der Waals surface area contributed by atoms with Gasteiger partial charge in [0.15, 0.2) is 5.82 Å². The van der Waals surface area contributed by atoms with E-state index in [-0.39, 0.29) is 11.7 Å². The van der Waals surface area contributed by atoms with E-state index in [1.807, 2.05) is 13.0 Å². The minimum Gasteiger partial charge on any atom is -0.467 e. The van der Waals surface area contributed by atoms with E-state index in [1.54, 1.807) is 7.11 Å². The second kappa shape index (κ2) is 5.36. The lowest BCUT2D eigenvalue weighted by Gasteiger charge is -2.27. The van der Waals surface area contributed by atoms with Gasteiger partial charge in [0.25, 0.3) is 0 Å². The number of H-pyrrole nitrogens is 2. The largest absolute Gasteiger partial charge is 0.467 e. The molecule has 2 aromatic heterocycles. The summed E-state index contributed by atoms with van der Waals surface area (Å²) < 4.78 is 5.20. The molecule has 1 saturated heterocycles. The van der Waals surface area contributed by atoms with Crippen molar-refractivity contribution in [2.45, 2.75) is 32.2 Å². The van der Waals surface area contributed by atoms with Gasteiger partial charge in [-0.15, -0.1) is 0 Å². The van der Waals surface area contributed by atoms with Crippen LogP contribution in [-0.2, 0) is 0 Å². The number of aromatic nitrogens is 5. The molecule has 1 aliphatic carbocycles.